The van der Waals surface area contributed by atoms with Crippen LogP contribution in [0.1, 0.15) is 65.2 Å². The van der Waals surface area contributed by atoms with Crippen molar-refractivity contribution in [1.82, 2.24) is 0 Å². The summed E-state index contributed by atoms with van der Waals surface area (Å²) in [6, 6.07) is 0. The lowest BCUT2D eigenvalue weighted by Crippen LogP contribution is -2.09. The average Bonchev–Trinajstić information content (AvgIpc) is 2.51. The van der Waals surface area contributed by atoms with Gasteiger partial charge in [0.15, 0.2) is 0 Å². The summed E-state index contributed by atoms with van der Waals surface area (Å²) in [5, 5.41) is 0. The Kier molecular flexibility index (Phi) is 12.2. The minimum absolute atomic E-state index is 0.314. The highest BCUT2D eigenvalue weighted by Crippen LogP contribution is 2.13. The number of carbonyl (C=O) groups is 2. The van der Waals surface area contributed by atoms with Gasteiger partial charge in [0.05, 0.1) is 13.2 Å². The van der Waals surface area contributed by atoms with Gasteiger partial charge in [-0.1, -0.05) is 39.8 Å². The molecule has 4 heteroatoms. The van der Waals surface area contributed by atoms with E-state index in [1.807, 2.05) is 13.8 Å². The maximum Gasteiger partial charge on any atom is 0.333 e. The number of ether oxygens (including phenoxy) is 2. The van der Waals surface area contributed by atoms with Crippen LogP contribution in [0.2, 0.25) is 0 Å². The molecular weight excluding hydrogens is 280 g/mol. The molecule has 0 aliphatic carbocycles. The molecule has 0 heterocycles. The van der Waals surface area contributed by atoms with Crippen molar-refractivity contribution in [2.45, 2.75) is 65.2 Å². The van der Waals surface area contributed by atoms with Crippen molar-refractivity contribution in [3.8, 4) is 0 Å². The molecule has 0 spiro atoms. The van der Waals surface area contributed by atoms with Crippen LogP contribution in [-0.4, -0.2) is 25.2 Å². The highest BCUT2D eigenvalue weighted by Gasteiger charge is 2.10. The van der Waals surface area contributed by atoms with Crippen LogP contribution in [0.15, 0.2) is 24.3 Å². The van der Waals surface area contributed by atoms with Crippen LogP contribution in [0.25, 0.3) is 0 Å². The minimum Gasteiger partial charge on any atom is -0.462 e. The minimum atomic E-state index is -0.314. The second-order valence-electron chi connectivity index (χ2n) is 5.39. The first-order valence-corrected chi connectivity index (χ1v) is 8.22. The zero-order valence-corrected chi connectivity index (χ0v) is 14.1. The maximum absolute atomic E-state index is 11.6. The van der Waals surface area contributed by atoms with Gasteiger partial charge in [0.25, 0.3) is 0 Å². The SMILES string of the molecule is C=C(CCCCC(=C)C(=O)OCCCC)C(=O)OCCCC. The van der Waals surface area contributed by atoms with E-state index in [2.05, 4.69) is 13.2 Å². The van der Waals surface area contributed by atoms with E-state index in [0.717, 1.165) is 38.5 Å². The van der Waals surface area contributed by atoms with E-state index < -0.39 is 0 Å². The second-order valence-corrected chi connectivity index (χ2v) is 5.39. The van der Waals surface area contributed by atoms with Crippen LogP contribution in [-0.2, 0) is 19.1 Å². The quantitative estimate of drug-likeness (QED) is 0.288. The molecule has 126 valence electrons. The molecule has 0 aromatic rings. The normalized spacial score (nSPS) is 10.1. The van der Waals surface area contributed by atoms with Crippen molar-refractivity contribution in [2.75, 3.05) is 13.2 Å². The van der Waals surface area contributed by atoms with Crippen LogP contribution in [0.4, 0.5) is 0 Å². The lowest BCUT2D eigenvalue weighted by atomic mass is 10.1. The van der Waals surface area contributed by atoms with Gasteiger partial charge in [-0.2, -0.15) is 0 Å². The third-order valence-electron chi connectivity index (χ3n) is 3.25. The first-order chi connectivity index (χ1) is 10.5. The van der Waals surface area contributed by atoms with Crippen molar-refractivity contribution < 1.29 is 19.1 Å². The number of rotatable bonds is 13. The average molecular weight is 310 g/mol. The van der Waals surface area contributed by atoms with Crippen molar-refractivity contribution >= 4 is 11.9 Å². The molecule has 0 amide bonds. The predicted molar refractivity (Wildman–Crippen MR) is 88.5 cm³/mol. The molecule has 0 fully saturated rings. The van der Waals surface area contributed by atoms with Crippen LogP contribution < -0.4 is 0 Å². The number of esters is 2. The molecule has 0 bridgehead atoms. The van der Waals surface area contributed by atoms with Gasteiger partial charge in [0, 0.05) is 11.1 Å². The second kappa shape index (κ2) is 13.1. The highest BCUT2D eigenvalue weighted by molar-refractivity contribution is 5.88. The molecular formula is C18H30O4. The van der Waals surface area contributed by atoms with Crippen molar-refractivity contribution in [2.24, 2.45) is 0 Å². The van der Waals surface area contributed by atoms with Crippen molar-refractivity contribution in [1.29, 1.82) is 0 Å². The summed E-state index contributed by atoms with van der Waals surface area (Å²) in [6.07, 6.45) is 6.47. The maximum atomic E-state index is 11.6. The first kappa shape index (κ1) is 20.4. The van der Waals surface area contributed by atoms with Gasteiger partial charge in [0.1, 0.15) is 0 Å². The van der Waals surface area contributed by atoms with Crippen molar-refractivity contribution in [3.63, 3.8) is 0 Å². The molecule has 0 rings (SSSR count). The van der Waals surface area contributed by atoms with Gasteiger partial charge in [-0.05, 0) is 38.5 Å². The number of unbranched alkanes of at least 4 members (excludes halogenated alkanes) is 3. The molecule has 0 aliphatic rings. The standard InChI is InChI=1S/C18H30O4/c1-5-7-13-21-17(19)15(3)11-9-10-12-16(4)18(20)22-14-8-6-2/h3-14H2,1-2H3. The van der Waals surface area contributed by atoms with E-state index in [-0.39, 0.29) is 11.9 Å². The summed E-state index contributed by atoms with van der Waals surface area (Å²) in [4.78, 5) is 23.2. The fourth-order valence-electron chi connectivity index (χ4n) is 1.70. The molecule has 0 unspecified atom stereocenters. The molecule has 22 heavy (non-hydrogen) atoms. The number of hydrogen-bond donors (Lipinski definition) is 0. The van der Waals surface area contributed by atoms with E-state index in [0.29, 0.717) is 37.2 Å². The Morgan fingerprint density at radius 1 is 0.727 bits per heavy atom. The Labute approximate surface area is 134 Å². The van der Waals surface area contributed by atoms with Gasteiger partial charge < -0.3 is 9.47 Å². The van der Waals surface area contributed by atoms with Crippen molar-refractivity contribution in [3.05, 3.63) is 24.3 Å². The fourth-order valence-corrected chi connectivity index (χ4v) is 1.70. The Balaban J connectivity index is 3.74. The lowest BCUT2D eigenvalue weighted by Gasteiger charge is -2.08. The van der Waals surface area contributed by atoms with E-state index in [1.54, 1.807) is 0 Å². The van der Waals surface area contributed by atoms with Crippen LogP contribution in [0.3, 0.4) is 0 Å². The van der Waals surface area contributed by atoms with Gasteiger partial charge in [-0.25, -0.2) is 9.59 Å². The van der Waals surface area contributed by atoms with E-state index in [4.69, 9.17) is 9.47 Å². The monoisotopic (exact) mass is 310 g/mol. The van der Waals surface area contributed by atoms with E-state index >= 15 is 0 Å². The third kappa shape index (κ3) is 10.2. The number of carbonyl (C=O) groups excluding carboxylic acids is 2. The summed E-state index contributed by atoms with van der Waals surface area (Å²) in [5.41, 5.74) is 0.986. The highest BCUT2D eigenvalue weighted by atomic mass is 16.5. The fraction of sp³-hybridized carbons (Fsp3) is 0.667. The Hall–Kier alpha value is -1.58. The van der Waals surface area contributed by atoms with Crippen LogP contribution >= 0.6 is 0 Å². The summed E-state index contributed by atoms with van der Waals surface area (Å²) < 4.78 is 10.2. The Morgan fingerprint density at radius 2 is 1.09 bits per heavy atom. The van der Waals surface area contributed by atoms with Gasteiger partial charge >= 0.3 is 11.9 Å². The summed E-state index contributed by atoms with van der Waals surface area (Å²) in [7, 11) is 0. The Morgan fingerprint density at radius 3 is 1.41 bits per heavy atom. The molecule has 0 aromatic heterocycles. The molecule has 0 radical (unpaired) electrons. The molecule has 0 atom stereocenters. The zero-order valence-electron chi connectivity index (χ0n) is 14.1. The molecule has 0 saturated heterocycles. The Bertz CT molecular complexity index is 335. The van der Waals surface area contributed by atoms with Gasteiger partial charge in [0.2, 0.25) is 0 Å². The van der Waals surface area contributed by atoms with Gasteiger partial charge in [-0.3, -0.25) is 0 Å². The van der Waals surface area contributed by atoms with Crippen LogP contribution in [0, 0.1) is 0 Å². The molecule has 0 aromatic carbocycles. The topological polar surface area (TPSA) is 52.6 Å². The predicted octanol–water partition coefficient (Wildman–Crippen LogP) is 4.35. The summed E-state index contributed by atoms with van der Waals surface area (Å²) in [6.45, 7) is 12.5. The van der Waals surface area contributed by atoms with Gasteiger partial charge in [-0.15, -0.1) is 0 Å². The first-order valence-electron chi connectivity index (χ1n) is 8.22. The van der Waals surface area contributed by atoms with E-state index in [9.17, 15) is 9.59 Å². The van der Waals surface area contributed by atoms with Crippen LogP contribution in [0.5, 0.6) is 0 Å². The molecule has 4 nitrogen and oxygen atoms in total. The lowest BCUT2D eigenvalue weighted by molar-refractivity contribution is -0.140. The third-order valence-corrected chi connectivity index (χ3v) is 3.25. The van der Waals surface area contributed by atoms with E-state index in [1.165, 1.54) is 0 Å². The number of hydrogen-bond acceptors (Lipinski definition) is 4. The molecule has 0 N–H and O–H groups in total. The summed E-state index contributed by atoms with van der Waals surface area (Å²) >= 11 is 0. The largest absolute Gasteiger partial charge is 0.462 e. The smallest absolute Gasteiger partial charge is 0.333 e. The molecule has 0 aliphatic heterocycles. The molecule has 0 saturated carbocycles. The summed E-state index contributed by atoms with van der Waals surface area (Å²) in [5.74, 6) is -0.627. The zero-order chi connectivity index (χ0) is 16.8.